The topological polar surface area (TPSA) is 125 Å². The highest BCUT2D eigenvalue weighted by atomic mass is 32.1. The van der Waals surface area contributed by atoms with Crippen molar-refractivity contribution in [2.45, 2.75) is 26.8 Å². The first-order valence-electron chi connectivity index (χ1n) is 11.6. The van der Waals surface area contributed by atoms with Gasteiger partial charge in [0.1, 0.15) is 11.5 Å². The van der Waals surface area contributed by atoms with Gasteiger partial charge in [0, 0.05) is 52.4 Å². The van der Waals surface area contributed by atoms with Crippen molar-refractivity contribution in [3.63, 3.8) is 0 Å². The molecule has 11 heteroatoms. The van der Waals surface area contributed by atoms with E-state index in [1.54, 1.807) is 31.6 Å². The molecular formula is C26H21FN8OS. The van der Waals surface area contributed by atoms with Crippen molar-refractivity contribution in [3.05, 3.63) is 59.7 Å². The summed E-state index contributed by atoms with van der Waals surface area (Å²) in [7, 11) is 0. The van der Waals surface area contributed by atoms with Crippen LogP contribution in [0.1, 0.15) is 30.4 Å². The highest BCUT2D eigenvalue weighted by Crippen LogP contribution is 2.36. The van der Waals surface area contributed by atoms with Crippen LogP contribution in [0.2, 0.25) is 0 Å². The first-order valence-corrected chi connectivity index (χ1v) is 12.4. The Morgan fingerprint density at radius 3 is 2.73 bits per heavy atom. The highest BCUT2D eigenvalue weighted by Gasteiger charge is 2.21. The second kappa shape index (κ2) is 8.86. The molecule has 0 aromatic carbocycles. The molecule has 184 valence electrons. The van der Waals surface area contributed by atoms with Crippen LogP contribution in [0.3, 0.4) is 0 Å². The Kier molecular flexibility index (Phi) is 5.49. The van der Waals surface area contributed by atoms with E-state index < -0.39 is 5.82 Å². The number of imidazole rings is 1. The Morgan fingerprint density at radius 1 is 1.08 bits per heavy atom. The van der Waals surface area contributed by atoms with Crippen molar-refractivity contribution >= 4 is 45.0 Å². The van der Waals surface area contributed by atoms with Gasteiger partial charge in [0.2, 0.25) is 0 Å². The molecule has 6 rings (SSSR count). The third kappa shape index (κ3) is 4.02. The van der Waals surface area contributed by atoms with Gasteiger partial charge in [0.25, 0.3) is 0 Å². The number of nitrogens with one attached hydrogen (secondary N) is 3. The predicted molar refractivity (Wildman–Crippen MR) is 142 cm³/mol. The minimum atomic E-state index is -0.477. The number of H-pyrrole nitrogens is 2. The Balaban J connectivity index is 1.47. The number of anilines is 1. The molecule has 3 N–H and O–H groups in total. The minimum Gasteiger partial charge on any atom is -0.382 e. The van der Waals surface area contributed by atoms with E-state index in [4.69, 9.17) is 0 Å². The summed E-state index contributed by atoms with van der Waals surface area (Å²) >= 11 is 1.40. The standard InChI is InChI=1S/C26H21FN8OS/c1-12(2)31-15-8-14(9-28-10-15)17-11-30-24-20(21(17)27)23(34-35-24)26-32-22-16(6-7-29-25(22)33-26)19-5-4-18(37-19)13(3)36/h4-12,31H,1-3H3,(H,29,32,33)(H,30,34,35). The Hall–Kier alpha value is -4.51. The number of Topliss-reactive ketones (excluding diaryl/α,β-unsaturated/α-hetero) is 1. The molecule has 0 atom stereocenters. The van der Waals surface area contributed by atoms with Gasteiger partial charge in [-0.3, -0.25) is 14.9 Å². The number of carbonyl (C=O) groups is 1. The summed E-state index contributed by atoms with van der Waals surface area (Å²) in [5, 5.41) is 10.6. The lowest BCUT2D eigenvalue weighted by Gasteiger charge is -2.11. The molecule has 0 saturated carbocycles. The smallest absolute Gasteiger partial charge is 0.184 e. The molecule has 0 amide bonds. The van der Waals surface area contributed by atoms with Crippen LogP contribution in [0.5, 0.6) is 0 Å². The van der Waals surface area contributed by atoms with Crippen LogP contribution in [0.25, 0.3) is 55.3 Å². The molecule has 6 heterocycles. The lowest BCUT2D eigenvalue weighted by atomic mass is 10.1. The minimum absolute atomic E-state index is 0.00952. The number of hydrogen-bond acceptors (Lipinski definition) is 8. The molecule has 9 nitrogen and oxygen atoms in total. The average Bonchev–Trinajstić information content (AvgIpc) is 3.61. The third-order valence-electron chi connectivity index (χ3n) is 5.87. The lowest BCUT2D eigenvalue weighted by Crippen LogP contribution is -2.09. The van der Waals surface area contributed by atoms with Gasteiger partial charge in [-0.2, -0.15) is 5.10 Å². The summed E-state index contributed by atoms with van der Waals surface area (Å²) in [6.45, 7) is 5.58. The van der Waals surface area contributed by atoms with Gasteiger partial charge < -0.3 is 10.3 Å². The fourth-order valence-electron chi connectivity index (χ4n) is 4.23. The molecule has 0 radical (unpaired) electrons. The van der Waals surface area contributed by atoms with Crippen LogP contribution >= 0.6 is 11.3 Å². The van der Waals surface area contributed by atoms with Crippen LogP contribution in [-0.4, -0.2) is 46.9 Å². The van der Waals surface area contributed by atoms with E-state index in [1.807, 2.05) is 32.0 Å². The van der Waals surface area contributed by atoms with Crippen molar-refractivity contribution < 1.29 is 9.18 Å². The monoisotopic (exact) mass is 512 g/mol. The van der Waals surface area contributed by atoms with Gasteiger partial charge >= 0.3 is 0 Å². The Morgan fingerprint density at radius 2 is 1.95 bits per heavy atom. The molecule has 6 aromatic rings. The van der Waals surface area contributed by atoms with Crippen LogP contribution in [0, 0.1) is 5.82 Å². The maximum Gasteiger partial charge on any atom is 0.184 e. The number of ketones is 1. The number of carbonyl (C=O) groups excluding carboxylic acids is 1. The van der Waals surface area contributed by atoms with Gasteiger partial charge in [-0.1, -0.05) is 0 Å². The maximum atomic E-state index is 16.0. The summed E-state index contributed by atoms with van der Waals surface area (Å²) in [5.74, 6) is -0.0856. The largest absolute Gasteiger partial charge is 0.382 e. The van der Waals surface area contributed by atoms with E-state index >= 15 is 4.39 Å². The maximum absolute atomic E-state index is 16.0. The summed E-state index contributed by atoms with van der Waals surface area (Å²) < 4.78 is 16.0. The van der Waals surface area contributed by atoms with E-state index in [2.05, 4.69) is 40.4 Å². The summed E-state index contributed by atoms with van der Waals surface area (Å²) in [5.41, 5.74) is 4.29. The molecule has 0 bridgehead atoms. The van der Waals surface area contributed by atoms with E-state index in [9.17, 15) is 4.79 Å². The van der Waals surface area contributed by atoms with Crippen LogP contribution < -0.4 is 5.32 Å². The molecule has 37 heavy (non-hydrogen) atoms. The van der Waals surface area contributed by atoms with Crippen molar-refractivity contribution in [1.82, 2.24) is 35.1 Å². The first kappa shape index (κ1) is 22.9. The van der Waals surface area contributed by atoms with Crippen molar-refractivity contribution in [3.8, 4) is 33.1 Å². The van der Waals surface area contributed by atoms with Crippen LogP contribution in [0.15, 0.2) is 49.1 Å². The van der Waals surface area contributed by atoms with E-state index in [-0.39, 0.29) is 22.9 Å². The molecule has 0 aliphatic rings. The second-order valence-corrected chi connectivity index (χ2v) is 9.99. The molecule has 0 saturated heterocycles. The number of aromatic nitrogens is 7. The number of nitrogens with zero attached hydrogens (tertiary/aromatic N) is 5. The molecule has 6 aromatic heterocycles. The third-order valence-corrected chi connectivity index (χ3v) is 7.09. The lowest BCUT2D eigenvalue weighted by molar-refractivity contribution is 0.102. The molecular weight excluding hydrogens is 491 g/mol. The van der Waals surface area contributed by atoms with E-state index in [0.29, 0.717) is 38.7 Å². The average molecular weight is 513 g/mol. The first-order chi connectivity index (χ1) is 17.9. The number of pyridine rings is 3. The van der Waals surface area contributed by atoms with Gasteiger partial charge in [0.15, 0.2) is 22.9 Å². The molecule has 0 fully saturated rings. The fraction of sp³-hybridized carbons (Fsp3) is 0.154. The van der Waals surface area contributed by atoms with Gasteiger partial charge in [-0.15, -0.1) is 11.3 Å². The Bertz CT molecular complexity index is 1800. The quantitative estimate of drug-likeness (QED) is 0.239. The predicted octanol–water partition coefficient (Wildman–Crippen LogP) is 5.85. The van der Waals surface area contributed by atoms with Gasteiger partial charge in [-0.05, 0) is 45.0 Å². The van der Waals surface area contributed by atoms with E-state index in [1.165, 1.54) is 17.5 Å². The number of aromatic amines is 2. The molecule has 0 unspecified atom stereocenters. The second-order valence-electron chi connectivity index (χ2n) is 8.91. The fourth-order valence-corrected chi connectivity index (χ4v) is 5.16. The molecule has 0 aliphatic carbocycles. The summed E-state index contributed by atoms with van der Waals surface area (Å²) in [6.07, 6.45) is 6.42. The SMILES string of the molecule is CC(=O)c1ccc(-c2ccnc3nc(-c4[nH]nc5ncc(-c6cncc(NC(C)C)c6)c(F)c45)[nH]c23)s1. The number of halogens is 1. The van der Waals surface area contributed by atoms with Crippen LogP contribution in [0.4, 0.5) is 10.1 Å². The zero-order valence-electron chi connectivity index (χ0n) is 20.1. The number of thiophene rings is 1. The molecule has 0 aliphatic heterocycles. The summed E-state index contributed by atoms with van der Waals surface area (Å²) in [6, 6.07) is 7.60. The number of fused-ring (bicyclic) bond motifs is 2. The summed E-state index contributed by atoms with van der Waals surface area (Å²) in [4.78, 5) is 34.2. The van der Waals surface area contributed by atoms with Crippen molar-refractivity contribution in [2.75, 3.05) is 5.32 Å². The highest BCUT2D eigenvalue weighted by molar-refractivity contribution is 7.17. The van der Waals surface area contributed by atoms with Crippen LogP contribution in [-0.2, 0) is 0 Å². The zero-order chi connectivity index (χ0) is 25.7. The van der Waals surface area contributed by atoms with Crippen molar-refractivity contribution in [2.24, 2.45) is 0 Å². The Labute approximate surface area is 214 Å². The normalized spacial score (nSPS) is 11.6. The van der Waals surface area contributed by atoms with Gasteiger partial charge in [-0.25, -0.2) is 19.3 Å². The zero-order valence-corrected chi connectivity index (χ0v) is 20.9. The molecule has 0 spiro atoms. The van der Waals surface area contributed by atoms with Gasteiger partial charge in [0.05, 0.1) is 21.5 Å². The number of hydrogen-bond donors (Lipinski definition) is 3. The van der Waals surface area contributed by atoms with Crippen molar-refractivity contribution in [1.29, 1.82) is 0 Å². The number of rotatable bonds is 6. The van der Waals surface area contributed by atoms with E-state index in [0.717, 1.165) is 16.1 Å².